The summed E-state index contributed by atoms with van der Waals surface area (Å²) in [6.45, 7) is 6.71. The molecule has 0 aromatic carbocycles. The number of amides is 1. The predicted molar refractivity (Wildman–Crippen MR) is 76.3 cm³/mol. The van der Waals surface area contributed by atoms with Crippen molar-refractivity contribution in [2.45, 2.75) is 38.6 Å². The lowest BCUT2D eigenvalue weighted by molar-refractivity contribution is -0.121. The van der Waals surface area contributed by atoms with Gasteiger partial charge >= 0.3 is 0 Å². The van der Waals surface area contributed by atoms with E-state index in [2.05, 4.69) is 41.2 Å². The summed E-state index contributed by atoms with van der Waals surface area (Å²) in [6, 6.07) is 4.03. The van der Waals surface area contributed by atoms with Gasteiger partial charge in [0.2, 0.25) is 5.91 Å². The molecule has 1 unspecified atom stereocenters. The van der Waals surface area contributed by atoms with E-state index in [0.717, 1.165) is 3.79 Å². The molecule has 17 heavy (non-hydrogen) atoms. The maximum atomic E-state index is 11.5. The fourth-order valence-electron chi connectivity index (χ4n) is 1.45. The molecule has 1 atom stereocenters. The van der Waals surface area contributed by atoms with Crippen LogP contribution < -0.4 is 11.1 Å². The summed E-state index contributed by atoms with van der Waals surface area (Å²) in [4.78, 5) is 12.8. The SMILES string of the molecule is CC(N)CC(=O)NCC(C)(C)c1ccc(Br)s1. The number of carbonyl (C=O) groups is 1. The fraction of sp³-hybridized carbons (Fsp3) is 0.583. The number of rotatable bonds is 5. The van der Waals surface area contributed by atoms with Crippen LogP contribution in [-0.4, -0.2) is 18.5 Å². The minimum Gasteiger partial charge on any atom is -0.355 e. The van der Waals surface area contributed by atoms with Crippen LogP contribution in [0.3, 0.4) is 0 Å². The van der Waals surface area contributed by atoms with Crippen LogP contribution in [0.25, 0.3) is 0 Å². The van der Waals surface area contributed by atoms with Gasteiger partial charge in [-0.25, -0.2) is 0 Å². The van der Waals surface area contributed by atoms with Crippen molar-refractivity contribution in [2.24, 2.45) is 5.73 Å². The Kier molecular flexibility index (Phi) is 5.16. The highest BCUT2D eigenvalue weighted by Crippen LogP contribution is 2.32. The standard InChI is InChI=1S/C12H19BrN2OS/c1-8(14)6-11(16)15-7-12(2,3)9-4-5-10(13)17-9/h4-5,8H,6-7,14H2,1-3H3,(H,15,16). The topological polar surface area (TPSA) is 55.1 Å². The average Bonchev–Trinajstić information content (AvgIpc) is 2.62. The van der Waals surface area contributed by atoms with E-state index in [1.165, 1.54) is 4.88 Å². The molecule has 0 aliphatic carbocycles. The molecule has 1 aromatic heterocycles. The Morgan fingerprint density at radius 1 is 1.59 bits per heavy atom. The Morgan fingerprint density at radius 3 is 2.71 bits per heavy atom. The lowest BCUT2D eigenvalue weighted by atomic mass is 9.91. The van der Waals surface area contributed by atoms with Crippen molar-refractivity contribution in [3.8, 4) is 0 Å². The molecule has 1 heterocycles. The van der Waals surface area contributed by atoms with E-state index in [1.807, 2.05) is 13.0 Å². The van der Waals surface area contributed by atoms with Crippen molar-refractivity contribution in [3.05, 3.63) is 20.8 Å². The lowest BCUT2D eigenvalue weighted by Gasteiger charge is -2.23. The second-order valence-corrected chi connectivity index (χ2v) is 7.41. The smallest absolute Gasteiger partial charge is 0.221 e. The van der Waals surface area contributed by atoms with Crippen LogP contribution in [0, 0.1) is 0 Å². The third kappa shape index (κ3) is 4.77. The molecular formula is C12H19BrN2OS. The maximum absolute atomic E-state index is 11.5. The highest BCUT2D eigenvalue weighted by Gasteiger charge is 2.23. The fourth-order valence-corrected chi connectivity index (χ4v) is 2.94. The van der Waals surface area contributed by atoms with Crippen LogP contribution in [0.2, 0.25) is 0 Å². The molecule has 0 saturated heterocycles. The molecule has 1 aromatic rings. The Balaban J connectivity index is 2.53. The Bertz CT molecular complexity index is 388. The summed E-state index contributed by atoms with van der Waals surface area (Å²) >= 11 is 5.15. The molecule has 0 bridgehead atoms. The Hall–Kier alpha value is -0.390. The summed E-state index contributed by atoms with van der Waals surface area (Å²) < 4.78 is 1.11. The second-order valence-electron chi connectivity index (χ2n) is 4.95. The highest BCUT2D eigenvalue weighted by molar-refractivity contribution is 9.11. The number of halogens is 1. The van der Waals surface area contributed by atoms with Crippen LogP contribution >= 0.6 is 27.3 Å². The molecule has 0 fully saturated rings. The first-order chi connectivity index (χ1) is 7.81. The molecule has 0 spiro atoms. The van der Waals surface area contributed by atoms with Crippen molar-refractivity contribution in [3.63, 3.8) is 0 Å². The minimum atomic E-state index is -0.0889. The zero-order chi connectivity index (χ0) is 13.1. The number of carbonyl (C=O) groups excluding carboxylic acids is 1. The van der Waals surface area contributed by atoms with Crippen LogP contribution in [0.4, 0.5) is 0 Å². The predicted octanol–water partition coefficient (Wildman–Crippen LogP) is 2.64. The van der Waals surface area contributed by atoms with Gasteiger partial charge < -0.3 is 11.1 Å². The van der Waals surface area contributed by atoms with E-state index in [9.17, 15) is 4.79 Å². The van der Waals surface area contributed by atoms with Gasteiger partial charge in [-0.1, -0.05) is 13.8 Å². The van der Waals surface area contributed by atoms with Crippen molar-refractivity contribution < 1.29 is 4.79 Å². The average molecular weight is 319 g/mol. The number of hydrogen-bond acceptors (Lipinski definition) is 3. The zero-order valence-corrected chi connectivity index (χ0v) is 12.8. The van der Waals surface area contributed by atoms with Crippen molar-refractivity contribution in [2.75, 3.05) is 6.54 Å². The first-order valence-corrected chi connectivity index (χ1v) is 7.20. The second kappa shape index (κ2) is 5.98. The van der Waals surface area contributed by atoms with Gasteiger partial charge in [0.25, 0.3) is 0 Å². The van der Waals surface area contributed by atoms with Crippen LogP contribution in [0.5, 0.6) is 0 Å². The van der Waals surface area contributed by atoms with Crippen LogP contribution in [-0.2, 0) is 10.2 Å². The van der Waals surface area contributed by atoms with E-state index < -0.39 is 0 Å². The maximum Gasteiger partial charge on any atom is 0.221 e. The highest BCUT2D eigenvalue weighted by atomic mass is 79.9. The van der Waals surface area contributed by atoms with E-state index in [0.29, 0.717) is 13.0 Å². The van der Waals surface area contributed by atoms with Crippen molar-refractivity contribution in [1.29, 1.82) is 0 Å². The molecule has 0 aliphatic rings. The number of nitrogens with one attached hydrogen (secondary N) is 1. The van der Waals surface area contributed by atoms with Gasteiger partial charge in [-0.15, -0.1) is 11.3 Å². The summed E-state index contributed by atoms with van der Waals surface area (Å²) in [5.74, 6) is 0.0173. The summed E-state index contributed by atoms with van der Waals surface area (Å²) in [5.41, 5.74) is 5.53. The van der Waals surface area contributed by atoms with Gasteiger partial charge in [-0.05, 0) is 35.0 Å². The molecule has 0 aliphatic heterocycles. The number of hydrogen-bond donors (Lipinski definition) is 2. The quantitative estimate of drug-likeness (QED) is 0.876. The van der Waals surface area contributed by atoms with Crippen LogP contribution in [0.15, 0.2) is 15.9 Å². The van der Waals surface area contributed by atoms with E-state index in [1.54, 1.807) is 11.3 Å². The number of nitrogens with two attached hydrogens (primary N) is 1. The molecule has 3 N–H and O–H groups in total. The molecule has 0 saturated carbocycles. The summed E-state index contributed by atoms with van der Waals surface area (Å²) in [7, 11) is 0. The van der Waals surface area contributed by atoms with Gasteiger partial charge in [-0.2, -0.15) is 0 Å². The largest absolute Gasteiger partial charge is 0.355 e. The first-order valence-electron chi connectivity index (χ1n) is 5.59. The monoisotopic (exact) mass is 318 g/mol. The van der Waals surface area contributed by atoms with Crippen molar-refractivity contribution in [1.82, 2.24) is 5.32 Å². The molecule has 5 heteroatoms. The molecular weight excluding hydrogens is 300 g/mol. The Morgan fingerprint density at radius 2 is 2.24 bits per heavy atom. The van der Waals surface area contributed by atoms with Gasteiger partial charge in [-0.3, -0.25) is 4.79 Å². The molecule has 1 amide bonds. The number of thiophene rings is 1. The van der Waals surface area contributed by atoms with E-state index in [4.69, 9.17) is 5.73 Å². The summed E-state index contributed by atoms with van der Waals surface area (Å²) in [5, 5.41) is 2.93. The molecule has 1 rings (SSSR count). The minimum absolute atomic E-state index is 0.0173. The molecule has 3 nitrogen and oxygen atoms in total. The summed E-state index contributed by atoms with van der Waals surface area (Å²) in [6.07, 6.45) is 0.379. The van der Waals surface area contributed by atoms with E-state index in [-0.39, 0.29) is 17.4 Å². The van der Waals surface area contributed by atoms with Gasteiger partial charge in [0.1, 0.15) is 0 Å². The van der Waals surface area contributed by atoms with Crippen molar-refractivity contribution >= 4 is 33.2 Å². The van der Waals surface area contributed by atoms with Gasteiger partial charge in [0, 0.05) is 29.3 Å². The normalized spacial score (nSPS) is 13.5. The molecule has 96 valence electrons. The van der Waals surface area contributed by atoms with Gasteiger partial charge in [0.15, 0.2) is 0 Å². The molecule has 0 radical (unpaired) electrons. The lowest BCUT2D eigenvalue weighted by Crippen LogP contribution is -2.38. The third-order valence-corrected chi connectivity index (χ3v) is 4.46. The Labute approximate surface area is 115 Å². The first kappa shape index (κ1) is 14.7. The third-order valence-electron chi connectivity index (χ3n) is 2.48. The zero-order valence-electron chi connectivity index (χ0n) is 10.4. The van der Waals surface area contributed by atoms with Crippen LogP contribution in [0.1, 0.15) is 32.1 Å². The van der Waals surface area contributed by atoms with Gasteiger partial charge in [0.05, 0.1) is 3.79 Å². The van der Waals surface area contributed by atoms with E-state index >= 15 is 0 Å².